The smallest absolute Gasteiger partial charge is 0.490 e. The molecule has 1 aliphatic heterocycles. The number of fused-ring (bicyclic) bond motifs is 4. The summed E-state index contributed by atoms with van der Waals surface area (Å²) < 4.78 is 74.2. The third-order valence-corrected chi connectivity index (χ3v) is 18.6. The van der Waals surface area contributed by atoms with E-state index in [1.54, 1.807) is 55.4 Å². The van der Waals surface area contributed by atoms with Crippen molar-refractivity contribution in [3.63, 3.8) is 0 Å². The van der Waals surface area contributed by atoms with Crippen LogP contribution in [0.1, 0.15) is 192 Å². The number of halogens is 6. The zero-order valence-electron chi connectivity index (χ0n) is 74.5. The van der Waals surface area contributed by atoms with Crippen LogP contribution in [0.2, 0.25) is 0 Å². The second-order valence-electron chi connectivity index (χ2n) is 31.7. The second kappa shape index (κ2) is 59.2. The van der Waals surface area contributed by atoms with E-state index in [1.165, 1.54) is 38.5 Å². The van der Waals surface area contributed by atoms with Gasteiger partial charge < -0.3 is 117 Å². The van der Waals surface area contributed by atoms with E-state index < -0.39 is 217 Å². The zero-order chi connectivity index (χ0) is 101. The Kier molecular flexibility index (Phi) is 52.4. The number of anilines is 2. The molecule has 0 radical (unpaired) electrons. The summed E-state index contributed by atoms with van der Waals surface area (Å²) in [6, 6.07) is -6.89. The van der Waals surface area contributed by atoms with E-state index in [4.69, 9.17) is 52.2 Å². The van der Waals surface area contributed by atoms with Crippen LogP contribution in [0.25, 0.3) is 0 Å². The molecule has 0 unspecified atom stereocenters. The highest BCUT2D eigenvalue weighted by Gasteiger charge is 2.40. The number of hydrogen-bond acceptors (Lipinski definition) is 26. The maximum atomic E-state index is 14.1. The number of nitrogens with one attached hydrogen (secondary N) is 16. The molecule has 52 heteroatoms. The third-order valence-electron chi connectivity index (χ3n) is 18.6. The first-order valence-corrected chi connectivity index (χ1v) is 41.7. The normalized spacial score (nSPS) is 21.2. The fourth-order valence-electron chi connectivity index (χ4n) is 11.9. The molecule has 0 fully saturated rings. The molecule has 2 aromatic carbocycles. The summed E-state index contributed by atoms with van der Waals surface area (Å²) in [4.78, 5) is 262. The van der Waals surface area contributed by atoms with Crippen LogP contribution in [0.4, 0.5) is 37.7 Å². The standard InChI is InChI=1S/C76H120N20O22.2C2HF3O2/c1-39(2)33-53-69(109)87-49(19-11-13-29-77)65(105)81-31-15-17-47(79)63(103)85-51(23-27-59(97)98)67(107)90-56(36-42(7)8)72(112)96-94-62(102)46-38-44(22-26-58(46)118-10)84-74(114)76(116)92-54(34-40(3)4)70(110)88-50(20-12-14-30-78)66(106)82-32-16-18-48(80)64(104)86-52(24-28-60(99)100)68(108)89-55(35-41(5)6)71(111)95-93-61(101)45-37-43(21-25-57(45)117-9)83-73(113)75(115)91-53;2*3-2(4,5)1(6)7/h21-22,25-26,37-42,47-56H,11-20,23-24,27-36,77-80H2,1-10H3,(H,81,105)(H,82,106)(H,83,113)(H,84,114)(H,85,103)(H,86,104)(H,87,109)(H,88,110)(H,89,108)(H,90,107)(H,91,115)(H,92,116)(H,93,101)(H,94,102)(H,95,111)(H,96,112)(H,97,98)(H,99,100);2*(H,6,7)/t47-,48-,49-,50-,51-,52-,53-,54-,55-,56-;;/m0../s1. The second-order valence-corrected chi connectivity index (χ2v) is 31.7. The number of nitrogens with two attached hydrogens (primary N) is 4. The maximum absolute atomic E-state index is 14.1. The average Bonchev–Trinajstić information content (AvgIpc) is 0.838. The van der Waals surface area contributed by atoms with E-state index >= 15 is 0 Å². The highest BCUT2D eigenvalue weighted by atomic mass is 19.4. The summed E-state index contributed by atoms with van der Waals surface area (Å²) in [5, 5.41) is 63.5. The number of carbonyl (C=O) groups is 20. The number of unbranched alkanes of at least 4 members (excludes halogenated alkanes) is 2. The van der Waals surface area contributed by atoms with E-state index in [-0.39, 0.29) is 148 Å². The number of methoxy groups -OCH3 is 2. The molecule has 0 saturated carbocycles. The molecule has 0 saturated heterocycles. The predicted octanol–water partition coefficient (Wildman–Crippen LogP) is -1.42. The fraction of sp³-hybridized carbons (Fsp3) is 0.600. The van der Waals surface area contributed by atoms with Gasteiger partial charge in [0.25, 0.3) is 23.6 Å². The van der Waals surface area contributed by atoms with Crippen molar-refractivity contribution in [1.82, 2.24) is 74.9 Å². The molecule has 28 N–H and O–H groups in total. The molecule has 1 heterocycles. The fourth-order valence-corrected chi connectivity index (χ4v) is 11.9. The number of carbonyl (C=O) groups excluding carboxylic acids is 16. The van der Waals surface area contributed by atoms with Gasteiger partial charge in [0, 0.05) is 37.3 Å². The molecule has 3 rings (SSSR count). The van der Waals surface area contributed by atoms with Gasteiger partial charge in [0.1, 0.15) is 59.8 Å². The van der Waals surface area contributed by atoms with Crippen molar-refractivity contribution in [2.75, 3.05) is 51.0 Å². The quantitative estimate of drug-likeness (QED) is 0.0326. The molecule has 10 atom stereocenters. The molecule has 2 aromatic rings. The van der Waals surface area contributed by atoms with Gasteiger partial charge in [0.05, 0.1) is 37.4 Å². The van der Waals surface area contributed by atoms with Gasteiger partial charge in [-0.25, -0.2) is 9.59 Å². The summed E-state index contributed by atoms with van der Waals surface area (Å²) in [5.74, 6) is -25.9. The number of hydrogen-bond donors (Lipinski definition) is 24. The molecular weight excluding hydrogens is 1770 g/mol. The SMILES string of the molecule is COc1ccc2cc1C(=O)NNC(=O)[C@H](CC(C)C)NC(=O)[C@H](CCC(=O)O)NC(=O)[C@@H](N)CCCNC(=O)[C@H](CCCCN)NC(=O)[C@H](CC(C)C)NC(=O)C(=O)Nc1ccc(OC)c(c1)C(=O)NNC(=O)[C@H](CC(C)C)NC(=O)[C@H](CCC(=O)O)NC(=O)[C@@H](N)CCCNC(=O)[C@H](CCCCN)NC(=O)[C@H](CC(C)C)NC(=O)C(=O)N2.O=C(O)C(F)(F)F.O=C(O)C(F)(F)F. The van der Waals surface area contributed by atoms with Crippen molar-refractivity contribution in [3.05, 3.63) is 47.5 Å². The van der Waals surface area contributed by atoms with Gasteiger partial charge in [0.2, 0.25) is 47.3 Å². The van der Waals surface area contributed by atoms with Crippen molar-refractivity contribution < 1.29 is 152 Å². The van der Waals surface area contributed by atoms with Gasteiger partial charge in [-0.1, -0.05) is 55.4 Å². The number of rotatable bonds is 24. The van der Waals surface area contributed by atoms with E-state index in [1.807, 2.05) is 0 Å². The molecule has 1 aliphatic rings. The lowest BCUT2D eigenvalue weighted by Crippen LogP contribution is -2.57. The number of carboxylic acid groups (broad SMARTS) is 4. The number of benzene rings is 2. The van der Waals surface area contributed by atoms with Gasteiger partial charge in [-0.3, -0.25) is 108 Å². The van der Waals surface area contributed by atoms with Crippen LogP contribution >= 0.6 is 0 Å². The van der Waals surface area contributed by atoms with E-state index in [0.29, 0.717) is 25.7 Å². The average molecular weight is 1890 g/mol. The number of alkyl halides is 6. The Balaban J connectivity index is 0.00000572. The third kappa shape index (κ3) is 45.9. The van der Waals surface area contributed by atoms with E-state index in [9.17, 15) is 123 Å². The number of amides is 16. The number of carboxylic acids is 4. The molecule has 0 aliphatic carbocycles. The molecule has 740 valence electrons. The van der Waals surface area contributed by atoms with Crippen molar-refractivity contribution in [1.29, 1.82) is 0 Å². The van der Waals surface area contributed by atoms with E-state index in [0.717, 1.165) is 12.1 Å². The van der Waals surface area contributed by atoms with Crippen LogP contribution in [0, 0.1) is 23.7 Å². The first kappa shape index (κ1) is 117. The number of aliphatic carboxylic acids is 4. The van der Waals surface area contributed by atoms with Crippen LogP contribution in [-0.4, -0.2) is 252 Å². The molecule has 16 amide bonds. The Morgan fingerprint density at radius 3 is 0.917 bits per heavy atom. The first-order chi connectivity index (χ1) is 61.6. The molecule has 4 bridgehead atoms. The van der Waals surface area contributed by atoms with Crippen molar-refractivity contribution in [2.45, 2.75) is 244 Å². The lowest BCUT2D eigenvalue weighted by atomic mass is 10.0. The number of ether oxygens (including phenoxy) is 2. The number of hydrazine groups is 2. The summed E-state index contributed by atoms with van der Waals surface area (Å²) in [5.41, 5.74) is 32.0. The molecule has 0 aromatic heterocycles. The monoisotopic (exact) mass is 1890 g/mol. The Labute approximate surface area is 754 Å². The van der Waals surface area contributed by atoms with Crippen molar-refractivity contribution >= 4 is 130 Å². The largest absolute Gasteiger partial charge is 0.496 e. The highest BCUT2D eigenvalue weighted by Crippen LogP contribution is 2.26. The van der Waals surface area contributed by atoms with Gasteiger partial charge in [-0.05, 0) is 176 Å². The summed E-state index contributed by atoms with van der Waals surface area (Å²) >= 11 is 0. The molecule has 46 nitrogen and oxygen atoms in total. The van der Waals surface area contributed by atoms with Crippen LogP contribution < -0.4 is 118 Å². The Morgan fingerprint density at radius 2 is 0.644 bits per heavy atom. The van der Waals surface area contributed by atoms with Gasteiger partial charge >= 0.3 is 59.9 Å². The zero-order valence-corrected chi connectivity index (χ0v) is 74.5. The molecule has 0 spiro atoms. The summed E-state index contributed by atoms with van der Waals surface area (Å²) in [7, 11) is 2.41. The van der Waals surface area contributed by atoms with Crippen molar-refractivity contribution in [2.24, 2.45) is 46.6 Å². The van der Waals surface area contributed by atoms with Crippen LogP contribution in [-0.2, 0) is 86.3 Å². The minimum absolute atomic E-state index is 0.0281. The van der Waals surface area contributed by atoms with E-state index in [2.05, 4.69) is 85.5 Å². The topological polar surface area (TPSA) is 737 Å². The highest BCUT2D eigenvalue weighted by molar-refractivity contribution is 6.40. The Morgan fingerprint density at radius 1 is 0.371 bits per heavy atom. The lowest BCUT2D eigenvalue weighted by Gasteiger charge is -2.25. The lowest BCUT2D eigenvalue weighted by molar-refractivity contribution is -0.193. The van der Waals surface area contributed by atoms with Crippen molar-refractivity contribution in [3.8, 4) is 11.5 Å². The van der Waals surface area contributed by atoms with Gasteiger partial charge in [-0.2, -0.15) is 26.3 Å². The Bertz CT molecular complexity index is 4030. The first-order valence-electron chi connectivity index (χ1n) is 41.7. The van der Waals surface area contributed by atoms with Crippen LogP contribution in [0.15, 0.2) is 36.4 Å². The van der Waals surface area contributed by atoms with Gasteiger partial charge in [0.15, 0.2) is 0 Å². The van der Waals surface area contributed by atoms with Gasteiger partial charge in [-0.15, -0.1) is 0 Å². The summed E-state index contributed by atoms with van der Waals surface area (Å²) in [6.45, 7) is 13.9. The van der Waals surface area contributed by atoms with Crippen LogP contribution in [0.5, 0.6) is 11.5 Å². The molecular formula is C80H122F6N20O26. The Hall–Kier alpha value is -13.1. The summed E-state index contributed by atoms with van der Waals surface area (Å²) in [6.07, 6.45) is -11.2. The van der Waals surface area contributed by atoms with Crippen LogP contribution in [0.3, 0.4) is 0 Å². The maximum Gasteiger partial charge on any atom is 0.490 e. The molecule has 132 heavy (non-hydrogen) atoms. The predicted molar refractivity (Wildman–Crippen MR) is 455 cm³/mol. The minimum atomic E-state index is -5.08. The minimum Gasteiger partial charge on any atom is -0.496 e.